The molecule has 0 saturated heterocycles. The molecule has 5 heteroatoms. The Morgan fingerprint density at radius 1 is 1.00 bits per heavy atom. The number of nitrogens with zero attached hydrogens (tertiary/aromatic N) is 4. The molecule has 1 aliphatic carbocycles. The molecule has 0 aromatic carbocycles. The summed E-state index contributed by atoms with van der Waals surface area (Å²) in [6, 6.07) is 12.7. The SMILES string of the molecule is c1cncc(-c2cnn3ccc(-c4c[nH]c5nc(C6CCC6)ccc45)cc23)c1. The van der Waals surface area contributed by atoms with Gasteiger partial charge in [0.15, 0.2) is 0 Å². The molecule has 0 unspecified atom stereocenters. The summed E-state index contributed by atoms with van der Waals surface area (Å²) in [5, 5.41) is 5.66. The third-order valence-corrected chi connectivity index (χ3v) is 5.89. The molecule has 0 atom stereocenters. The predicted octanol–water partition coefficient (Wildman–Crippen LogP) is 5.21. The van der Waals surface area contributed by atoms with Gasteiger partial charge in [-0.25, -0.2) is 9.50 Å². The van der Waals surface area contributed by atoms with Crippen molar-refractivity contribution >= 4 is 16.6 Å². The number of fused-ring (bicyclic) bond motifs is 2. The Balaban J connectivity index is 1.47. The highest BCUT2D eigenvalue weighted by atomic mass is 15.2. The van der Waals surface area contributed by atoms with Crippen LogP contribution >= 0.6 is 0 Å². The largest absolute Gasteiger partial charge is 0.346 e. The Hall–Kier alpha value is -3.47. The fourth-order valence-corrected chi connectivity index (χ4v) is 4.08. The summed E-state index contributed by atoms with van der Waals surface area (Å²) in [7, 11) is 0. The first-order chi connectivity index (χ1) is 13.9. The average Bonchev–Trinajstić information content (AvgIpc) is 3.30. The topological polar surface area (TPSA) is 58.9 Å². The van der Waals surface area contributed by atoms with Crippen LogP contribution in [-0.2, 0) is 0 Å². The van der Waals surface area contributed by atoms with E-state index in [9.17, 15) is 0 Å². The van der Waals surface area contributed by atoms with Gasteiger partial charge in [-0.15, -0.1) is 0 Å². The molecule has 1 aliphatic rings. The second-order valence-corrected chi connectivity index (χ2v) is 7.51. The molecule has 1 fully saturated rings. The highest BCUT2D eigenvalue weighted by Crippen LogP contribution is 2.37. The molecule has 0 radical (unpaired) electrons. The van der Waals surface area contributed by atoms with E-state index in [1.807, 2.05) is 29.2 Å². The van der Waals surface area contributed by atoms with Gasteiger partial charge in [-0.2, -0.15) is 5.10 Å². The molecular formula is C23H19N5. The lowest BCUT2D eigenvalue weighted by molar-refractivity contribution is 0.412. The molecule has 0 amide bonds. The summed E-state index contributed by atoms with van der Waals surface area (Å²) in [6.07, 6.45) is 13.5. The molecular weight excluding hydrogens is 346 g/mol. The van der Waals surface area contributed by atoms with Gasteiger partial charge in [-0.3, -0.25) is 4.98 Å². The molecule has 5 nitrogen and oxygen atoms in total. The van der Waals surface area contributed by atoms with Crippen LogP contribution in [0.25, 0.3) is 38.8 Å². The van der Waals surface area contributed by atoms with E-state index in [0.29, 0.717) is 5.92 Å². The summed E-state index contributed by atoms with van der Waals surface area (Å²) >= 11 is 0. The number of H-pyrrole nitrogens is 1. The van der Waals surface area contributed by atoms with Crippen LogP contribution in [-0.4, -0.2) is 24.6 Å². The standard InChI is InChI=1S/C23H19N5/c1-3-15(4-1)21-7-6-18-19(13-25-23(18)27-21)16-8-10-28-22(11-16)20(14-26-28)17-5-2-9-24-12-17/h2,5-15H,1,3-4H2,(H,25,27). The van der Waals surface area contributed by atoms with E-state index >= 15 is 0 Å². The van der Waals surface area contributed by atoms with Crippen molar-refractivity contribution < 1.29 is 0 Å². The van der Waals surface area contributed by atoms with Gasteiger partial charge in [0, 0.05) is 58.5 Å². The van der Waals surface area contributed by atoms with Crippen molar-refractivity contribution in [2.75, 3.05) is 0 Å². The fraction of sp³-hybridized carbons (Fsp3) is 0.174. The van der Waals surface area contributed by atoms with Crippen LogP contribution < -0.4 is 0 Å². The van der Waals surface area contributed by atoms with E-state index in [-0.39, 0.29) is 0 Å². The van der Waals surface area contributed by atoms with Crippen LogP contribution in [0, 0.1) is 0 Å². The number of aromatic amines is 1. The quantitative estimate of drug-likeness (QED) is 0.478. The zero-order chi connectivity index (χ0) is 18.5. The Bertz CT molecular complexity index is 1290. The molecule has 0 spiro atoms. The highest BCUT2D eigenvalue weighted by molar-refractivity contribution is 5.95. The van der Waals surface area contributed by atoms with Crippen molar-refractivity contribution in [3.63, 3.8) is 0 Å². The highest BCUT2D eigenvalue weighted by Gasteiger charge is 2.21. The molecule has 0 aliphatic heterocycles. The van der Waals surface area contributed by atoms with Crippen LogP contribution in [0.5, 0.6) is 0 Å². The lowest BCUT2D eigenvalue weighted by Crippen LogP contribution is -2.10. The van der Waals surface area contributed by atoms with E-state index in [1.165, 1.54) is 30.5 Å². The minimum Gasteiger partial charge on any atom is -0.346 e. The summed E-state index contributed by atoms with van der Waals surface area (Å²) < 4.78 is 1.91. The third kappa shape index (κ3) is 2.36. The number of hydrogen-bond donors (Lipinski definition) is 1. The van der Waals surface area contributed by atoms with E-state index in [4.69, 9.17) is 4.98 Å². The molecule has 0 bridgehead atoms. The van der Waals surface area contributed by atoms with Gasteiger partial charge in [0.2, 0.25) is 0 Å². The van der Waals surface area contributed by atoms with E-state index < -0.39 is 0 Å². The zero-order valence-electron chi connectivity index (χ0n) is 15.3. The number of aromatic nitrogens is 5. The lowest BCUT2D eigenvalue weighted by atomic mass is 9.82. The molecule has 6 rings (SSSR count). The molecule has 5 aromatic rings. The van der Waals surface area contributed by atoms with Gasteiger partial charge in [-0.05, 0) is 48.7 Å². The summed E-state index contributed by atoms with van der Waals surface area (Å²) in [6.45, 7) is 0. The number of nitrogens with one attached hydrogen (secondary N) is 1. The number of pyridine rings is 3. The van der Waals surface area contributed by atoms with Gasteiger partial charge in [-0.1, -0.05) is 12.5 Å². The van der Waals surface area contributed by atoms with Crippen molar-refractivity contribution in [3.05, 3.63) is 73.1 Å². The zero-order valence-corrected chi connectivity index (χ0v) is 15.3. The van der Waals surface area contributed by atoms with Crippen LogP contribution in [0.3, 0.4) is 0 Å². The van der Waals surface area contributed by atoms with Gasteiger partial charge in [0.05, 0.1) is 11.7 Å². The Kier molecular flexibility index (Phi) is 3.35. The van der Waals surface area contributed by atoms with Gasteiger partial charge in [0.1, 0.15) is 5.65 Å². The van der Waals surface area contributed by atoms with Crippen LogP contribution in [0.4, 0.5) is 0 Å². The van der Waals surface area contributed by atoms with Gasteiger partial charge >= 0.3 is 0 Å². The lowest BCUT2D eigenvalue weighted by Gasteiger charge is -2.24. The Morgan fingerprint density at radius 2 is 1.96 bits per heavy atom. The normalized spacial score (nSPS) is 14.6. The van der Waals surface area contributed by atoms with E-state index in [0.717, 1.165) is 33.2 Å². The van der Waals surface area contributed by atoms with Crippen LogP contribution in [0.1, 0.15) is 30.9 Å². The summed E-state index contributed by atoms with van der Waals surface area (Å²) in [4.78, 5) is 12.5. The fourth-order valence-electron chi connectivity index (χ4n) is 4.08. The van der Waals surface area contributed by atoms with Gasteiger partial charge in [0.25, 0.3) is 0 Å². The first kappa shape index (κ1) is 15.6. The van der Waals surface area contributed by atoms with E-state index in [1.54, 1.807) is 6.20 Å². The van der Waals surface area contributed by atoms with E-state index in [2.05, 4.69) is 51.6 Å². The summed E-state index contributed by atoms with van der Waals surface area (Å²) in [5.74, 6) is 0.640. The predicted molar refractivity (Wildman–Crippen MR) is 110 cm³/mol. The second-order valence-electron chi connectivity index (χ2n) is 7.51. The smallest absolute Gasteiger partial charge is 0.138 e. The Morgan fingerprint density at radius 3 is 2.79 bits per heavy atom. The first-order valence-electron chi connectivity index (χ1n) is 9.73. The number of hydrogen-bond acceptors (Lipinski definition) is 3. The average molecular weight is 365 g/mol. The summed E-state index contributed by atoms with van der Waals surface area (Å²) in [5.41, 5.74) is 7.74. The third-order valence-electron chi connectivity index (χ3n) is 5.89. The maximum Gasteiger partial charge on any atom is 0.138 e. The molecule has 28 heavy (non-hydrogen) atoms. The molecule has 1 saturated carbocycles. The van der Waals surface area contributed by atoms with Crippen molar-refractivity contribution in [1.82, 2.24) is 24.6 Å². The molecule has 5 heterocycles. The molecule has 5 aromatic heterocycles. The minimum absolute atomic E-state index is 0.640. The van der Waals surface area contributed by atoms with Crippen molar-refractivity contribution in [2.45, 2.75) is 25.2 Å². The van der Waals surface area contributed by atoms with Crippen LogP contribution in [0.15, 0.2) is 67.4 Å². The minimum atomic E-state index is 0.640. The maximum absolute atomic E-state index is 4.88. The number of rotatable bonds is 3. The Labute approximate surface area is 162 Å². The second kappa shape index (κ2) is 6.02. The maximum atomic E-state index is 4.88. The van der Waals surface area contributed by atoms with Crippen molar-refractivity contribution in [3.8, 4) is 22.3 Å². The molecule has 1 N–H and O–H groups in total. The van der Waals surface area contributed by atoms with Gasteiger partial charge < -0.3 is 4.98 Å². The van der Waals surface area contributed by atoms with Crippen molar-refractivity contribution in [1.29, 1.82) is 0 Å². The van der Waals surface area contributed by atoms with Crippen molar-refractivity contribution in [2.24, 2.45) is 0 Å². The first-order valence-corrected chi connectivity index (χ1v) is 9.73. The monoisotopic (exact) mass is 365 g/mol. The van der Waals surface area contributed by atoms with Crippen LogP contribution in [0.2, 0.25) is 0 Å². The molecule has 136 valence electrons.